The van der Waals surface area contributed by atoms with Crippen LogP contribution in [0.3, 0.4) is 0 Å². The Kier molecular flexibility index (Phi) is 7.75. The smallest absolute Gasteiger partial charge is 0.243 e. The highest BCUT2D eigenvalue weighted by Gasteiger charge is 2.33. The minimum absolute atomic E-state index is 0.0756. The number of carbonyl (C=O) groups excluding carboxylic acids is 1. The second-order valence-electron chi connectivity index (χ2n) is 7.56. The maximum Gasteiger partial charge on any atom is 0.243 e. The lowest BCUT2D eigenvalue weighted by atomic mass is 9.99. The van der Waals surface area contributed by atoms with E-state index in [9.17, 15) is 13.2 Å². The molecule has 0 radical (unpaired) electrons. The van der Waals surface area contributed by atoms with Crippen molar-refractivity contribution in [1.82, 2.24) is 9.62 Å². The summed E-state index contributed by atoms with van der Waals surface area (Å²) in [5.41, 5.74) is 1.14. The van der Waals surface area contributed by atoms with Crippen LogP contribution in [-0.2, 0) is 14.8 Å². The predicted octanol–water partition coefficient (Wildman–Crippen LogP) is 3.38. The number of amides is 1. The van der Waals surface area contributed by atoms with Gasteiger partial charge in [-0.15, -0.1) is 0 Å². The number of rotatable bonds is 8. The number of anilines is 1. The normalized spacial score (nSPS) is 17.5. The fraction of sp³-hybridized carbons (Fsp3) is 0.409. The summed E-state index contributed by atoms with van der Waals surface area (Å²) in [7, 11) is -1.60. The number of nitrogens with zero attached hydrogens (tertiary/aromatic N) is 2. The molecule has 0 unspecified atom stereocenters. The topological polar surface area (TPSA) is 69.7 Å². The van der Waals surface area contributed by atoms with Crippen LogP contribution in [0.25, 0.3) is 0 Å². The van der Waals surface area contributed by atoms with E-state index in [-0.39, 0.29) is 23.3 Å². The maximum atomic E-state index is 12.9. The largest absolute Gasteiger partial charge is 0.375 e. The van der Waals surface area contributed by atoms with Gasteiger partial charge in [0.05, 0.1) is 10.8 Å². The molecular formula is C22H28ClN3O3S. The lowest BCUT2D eigenvalue weighted by Crippen LogP contribution is -2.45. The van der Waals surface area contributed by atoms with Crippen LogP contribution in [0.1, 0.15) is 19.3 Å². The van der Waals surface area contributed by atoms with Gasteiger partial charge in [0, 0.05) is 43.9 Å². The Bertz CT molecular complexity index is 936. The zero-order valence-corrected chi connectivity index (χ0v) is 18.7. The van der Waals surface area contributed by atoms with Gasteiger partial charge >= 0.3 is 0 Å². The van der Waals surface area contributed by atoms with E-state index in [1.54, 1.807) is 12.1 Å². The Hall–Kier alpha value is -2.09. The van der Waals surface area contributed by atoms with Crippen LogP contribution in [0, 0.1) is 5.92 Å². The summed E-state index contributed by atoms with van der Waals surface area (Å²) < 4.78 is 27.2. The predicted molar refractivity (Wildman–Crippen MR) is 120 cm³/mol. The average Bonchev–Trinajstić information content (AvgIpc) is 2.77. The van der Waals surface area contributed by atoms with Gasteiger partial charge in [-0.2, -0.15) is 4.31 Å². The molecule has 1 aliphatic heterocycles. The highest BCUT2D eigenvalue weighted by atomic mass is 35.5. The van der Waals surface area contributed by atoms with E-state index in [2.05, 4.69) is 22.3 Å². The first-order chi connectivity index (χ1) is 14.4. The molecule has 1 aliphatic rings. The first-order valence-corrected chi connectivity index (χ1v) is 12.0. The first kappa shape index (κ1) is 22.6. The average molecular weight is 450 g/mol. The quantitative estimate of drug-likeness (QED) is 0.627. The lowest BCUT2D eigenvalue weighted by Gasteiger charge is -2.31. The summed E-state index contributed by atoms with van der Waals surface area (Å²) in [6, 6.07) is 16.2. The van der Waals surface area contributed by atoms with Crippen LogP contribution in [0.2, 0.25) is 5.02 Å². The third-order valence-electron chi connectivity index (χ3n) is 5.37. The molecule has 0 spiro atoms. The monoisotopic (exact) mass is 449 g/mol. The fourth-order valence-electron chi connectivity index (χ4n) is 3.61. The SMILES string of the molecule is CN(CCCNC(=O)[C@@H]1CCCN(S(=O)(=O)c2ccc(Cl)cc2)C1)c1ccccc1. The van der Waals surface area contributed by atoms with Gasteiger partial charge in [-0.3, -0.25) is 4.79 Å². The zero-order chi connectivity index (χ0) is 21.6. The zero-order valence-electron chi connectivity index (χ0n) is 17.1. The Morgan fingerprint density at radius 1 is 1.17 bits per heavy atom. The van der Waals surface area contributed by atoms with Crippen molar-refractivity contribution < 1.29 is 13.2 Å². The van der Waals surface area contributed by atoms with E-state index in [4.69, 9.17) is 11.6 Å². The van der Waals surface area contributed by atoms with Crippen LogP contribution in [0.4, 0.5) is 5.69 Å². The van der Waals surface area contributed by atoms with Crippen LogP contribution < -0.4 is 10.2 Å². The highest BCUT2D eigenvalue weighted by Crippen LogP contribution is 2.25. The number of benzene rings is 2. The minimum atomic E-state index is -3.62. The van der Waals surface area contributed by atoms with Gasteiger partial charge in [-0.25, -0.2) is 8.42 Å². The van der Waals surface area contributed by atoms with Gasteiger partial charge in [0.15, 0.2) is 0 Å². The van der Waals surface area contributed by atoms with Crippen molar-refractivity contribution in [1.29, 1.82) is 0 Å². The molecule has 1 atom stereocenters. The highest BCUT2D eigenvalue weighted by molar-refractivity contribution is 7.89. The molecule has 0 aromatic heterocycles. The van der Waals surface area contributed by atoms with Crippen LogP contribution >= 0.6 is 11.6 Å². The number of para-hydroxylation sites is 1. The van der Waals surface area contributed by atoms with Gasteiger partial charge in [0.1, 0.15) is 0 Å². The minimum Gasteiger partial charge on any atom is -0.375 e. The van der Waals surface area contributed by atoms with Crippen LogP contribution in [0.15, 0.2) is 59.5 Å². The number of hydrogen-bond acceptors (Lipinski definition) is 4. The Balaban J connectivity index is 1.49. The second kappa shape index (κ2) is 10.3. The van der Waals surface area contributed by atoms with E-state index < -0.39 is 10.0 Å². The van der Waals surface area contributed by atoms with E-state index in [0.29, 0.717) is 31.0 Å². The van der Waals surface area contributed by atoms with Crippen LogP contribution in [0.5, 0.6) is 0 Å². The maximum absolute atomic E-state index is 12.9. The molecular weight excluding hydrogens is 422 g/mol. The van der Waals surface area contributed by atoms with Crippen molar-refractivity contribution in [2.24, 2.45) is 5.92 Å². The van der Waals surface area contributed by atoms with E-state index in [1.807, 2.05) is 25.2 Å². The molecule has 0 saturated carbocycles. The Morgan fingerprint density at radius 2 is 1.87 bits per heavy atom. The van der Waals surface area contributed by atoms with Crippen molar-refractivity contribution >= 4 is 33.2 Å². The molecule has 3 rings (SSSR count). The molecule has 1 fully saturated rings. The third-order valence-corrected chi connectivity index (χ3v) is 7.50. The standard InChI is InChI=1S/C22H28ClN3O3S/c1-25(20-8-3-2-4-9-20)15-6-14-24-22(27)18-7-5-16-26(17-18)30(28,29)21-12-10-19(23)11-13-21/h2-4,8-13,18H,5-7,14-17H2,1H3,(H,24,27)/t18-/m1/s1. The Morgan fingerprint density at radius 3 is 2.57 bits per heavy atom. The summed E-state index contributed by atoms with van der Waals surface area (Å²) >= 11 is 5.86. The van der Waals surface area contributed by atoms with Crippen molar-refractivity contribution in [2.45, 2.75) is 24.2 Å². The summed E-state index contributed by atoms with van der Waals surface area (Å²) in [5, 5.41) is 3.46. The fourth-order valence-corrected chi connectivity index (χ4v) is 5.26. The molecule has 1 saturated heterocycles. The second-order valence-corrected chi connectivity index (χ2v) is 9.93. The molecule has 0 aliphatic carbocycles. The molecule has 0 bridgehead atoms. The molecule has 1 heterocycles. The molecule has 1 N–H and O–H groups in total. The lowest BCUT2D eigenvalue weighted by molar-refractivity contribution is -0.126. The van der Waals surface area contributed by atoms with Crippen molar-refractivity contribution in [3.63, 3.8) is 0 Å². The molecule has 1 amide bonds. The Labute approximate surface area is 183 Å². The summed E-state index contributed by atoms with van der Waals surface area (Å²) in [5.74, 6) is -0.402. The number of halogens is 1. The van der Waals surface area contributed by atoms with E-state index >= 15 is 0 Å². The van der Waals surface area contributed by atoms with Crippen LogP contribution in [-0.4, -0.2) is 51.9 Å². The van der Waals surface area contributed by atoms with Gasteiger partial charge in [0.2, 0.25) is 15.9 Å². The first-order valence-electron chi connectivity index (χ1n) is 10.2. The number of piperidine rings is 1. The molecule has 8 heteroatoms. The summed E-state index contributed by atoms with van der Waals surface area (Å²) in [6.45, 7) is 2.03. The van der Waals surface area contributed by atoms with Crippen molar-refractivity contribution in [3.05, 3.63) is 59.6 Å². The molecule has 30 heavy (non-hydrogen) atoms. The van der Waals surface area contributed by atoms with E-state index in [1.165, 1.54) is 16.4 Å². The van der Waals surface area contributed by atoms with Gasteiger partial charge in [0.25, 0.3) is 0 Å². The number of hydrogen-bond donors (Lipinski definition) is 1. The number of nitrogens with one attached hydrogen (secondary N) is 1. The van der Waals surface area contributed by atoms with Gasteiger partial charge in [-0.1, -0.05) is 29.8 Å². The number of sulfonamides is 1. The van der Waals surface area contributed by atoms with Gasteiger partial charge < -0.3 is 10.2 Å². The summed E-state index contributed by atoms with van der Waals surface area (Å²) in [6.07, 6.45) is 2.18. The molecule has 162 valence electrons. The number of carbonyl (C=O) groups is 1. The molecule has 2 aromatic rings. The molecule has 6 nitrogen and oxygen atoms in total. The van der Waals surface area contributed by atoms with Crippen molar-refractivity contribution in [3.8, 4) is 0 Å². The summed E-state index contributed by atoms with van der Waals surface area (Å²) in [4.78, 5) is 15.0. The third kappa shape index (κ3) is 5.74. The van der Waals surface area contributed by atoms with Crippen molar-refractivity contribution in [2.75, 3.05) is 38.1 Å². The van der Waals surface area contributed by atoms with Gasteiger partial charge in [-0.05, 0) is 55.7 Å². The molecule has 2 aromatic carbocycles. The van der Waals surface area contributed by atoms with E-state index in [0.717, 1.165) is 18.7 Å².